The van der Waals surface area contributed by atoms with E-state index in [1.165, 1.54) is 18.2 Å². The number of nitro benzene ring substituents is 1. The van der Waals surface area contributed by atoms with Crippen LogP contribution in [0.5, 0.6) is 5.75 Å². The van der Waals surface area contributed by atoms with Gasteiger partial charge in [0.05, 0.1) is 4.92 Å². The fourth-order valence-electron chi connectivity index (χ4n) is 2.47. The molecule has 0 heterocycles. The number of anilines is 1. The van der Waals surface area contributed by atoms with Gasteiger partial charge in [0.1, 0.15) is 0 Å². The molecule has 0 saturated heterocycles. The smallest absolute Gasteiger partial charge is 0.312 e. The van der Waals surface area contributed by atoms with Gasteiger partial charge in [0, 0.05) is 16.8 Å². The minimum absolute atomic E-state index is 0.00254. The summed E-state index contributed by atoms with van der Waals surface area (Å²) in [6.45, 7) is 5.70. The predicted molar refractivity (Wildman–Crippen MR) is 102 cm³/mol. The monoisotopic (exact) mass is 376 g/mol. The number of carbonyl (C=O) groups is 1. The molecule has 0 aliphatic rings. The number of rotatable bonds is 7. The standard InChI is InChI=1S/C19H21ClN2O4/c1-4-12(2)15-7-5-6-8-16(15)21-19(23)13(3)26-18-10-9-14(20)11-17(18)22(24)25/h5-13H,4H2,1-3H3,(H,21,23)/t12-,13+/m1/s1. The fourth-order valence-corrected chi connectivity index (χ4v) is 2.64. The molecule has 1 amide bonds. The summed E-state index contributed by atoms with van der Waals surface area (Å²) >= 11 is 5.79. The first-order chi connectivity index (χ1) is 12.3. The third-order valence-corrected chi connectivity index (χ3v) is 4.39. The molecule has 0 aromatic heterocycles. The summed E-state index contributed by atoms with van der Waals surface area (Å²) < 4.78 is 5.51. The third-order valence-electron chi connectivity index (χ3n) is 4.15. The summed E-state index contributed by atoms with van der Waals surface area (Å²) in [5.74, 6) is -0.0951. The van der Waals surface area contributed by atoms with Crippen molar-refractivity contribution in [1.29, 1.82) is 0 Å². The molecule has 0 bridgehead atoms. The number of hydrogen-bond acceptors (Lipinski definition) is 4. The highest BCUT2D eigenvalue weighted by Crippen LogP contribution is 2.31. The Hall–Kier alpha value is -2.60. The van der Waals surface area contributed by atoms with Crippen LogP contribution in [0.4, 0.5) is 11.4 Å². The van der Waals surface area contributed by atoms with Crippen LogP contribution in [0.15, 0.2) is 42.5 Å². The molecule has 0 fully saturated rings. The van der Waals surface area contributed by atoms with Gasteiger partial charge in [-0.2, -0.15) is 0 Å². The summed E-state index contributed by atoms with van der Waals surface area (Å²) in [5.41, 5.74) is 1.47. The van der Waals surface area contributed by atoms with Crippen molar-refractivity contribution in [2.45, 2.75) is 39.2 Å². The maximum Gasteiger partial charge on any atom is 0.312 e. The molecule has 138 valence electrons. The summed E-state index contributed by atoms with van der Waals surface area (Å²) in [6.07, 6.45) is 0.0236. The number of nitro groups is 1. The van der Waals surface area contributed by atoms with Crippen molar-refractivity contribution in [2.75, 3.05) is 5.32 Å². The summed E-state index contributed by atoms with van der Waals surface area (Å²) in [4.78, 5) is 23.0. The van der Waals surface area contributed by atoms with Gasteiger partial charge in [0.25, 0.3) is 5.91 Å². The molecular weight excluding hydrogens is 356 g/mol. The summed E-state index contributed by atoms with van der Waals surface area (Å²) in [7, 11) is 0. The highest BCUT2D eigenvalue weighted by Gasteiger charge is 2.22. The van der Waals surface area contributed by atoms with Gasteiger partial charge in [0.2, 0.25) is 0 Å². The molecule has 0 unspecified atom stereocenters. The van der Waals surface area contributed by atoms with E-state index in [0.29, 0.717) is 11.6 Å². The highest BCUT2D eigenvalue weighted by molar-refractivity contribution is 6.30. The molecule has 2 atom stereocenters. The fraction of sp³-hybridized carbons (Fsp3) is 0.316. The Kier molecular flexibility index (Phi) is 6.58. The van der Waals surface area contributed by atoms with Gasteiger partial charge in [0.15, 0.2) is 11.9 Å². The van der Waals surface area contributed by atoms with E-state index in [4.69, 9.17) is 16.3 Å². The Labute approximate surface area is 157 Å². The summed E-state index contributed by atoms with van der Waals surface area (Å²) in [6, 6.07) is 11.6. The van der Waals surface area contributed by atoms with Gasteiger partial charge in [-0.15, -0.1) is 0 Å². The average Bonchev–Trinajstić information content (AvgIpc) is 2.62. The maximum absolute atomic E-state index is 12.5. The zero-order valence-electron chi connectivity index (χ0n) is 14.9. The lowest BCUT2D eigenvalue weighted by Gasteiger charge is -2.18. The predicted octanol–water partition coefficient (Wildman–Crippen LogP) is 5.17. The normalized spacial score (nSPS) is 12.9. The van der Waals surface area contributed by atoms with E-state index in [-0.39, 0.29) is 22.4 Å². The van der Waals surface area contributed by atoms with E-state index in [9.17, 15) is 14.9 Å². The average molecular weight is 377 g/mol. The Morgan fingerprint density at radius 1 is 1.27 bits per heavy atom. The number of hydrogen-bond donors (Lipinski definition) is 1. The number of para-hydroxylation sites is 1. The van der Waals surface area contributed by atoms with Crippen molar-refractivity contribution in [3.8, 4) is 5.75 Å². The summed E-state index contributed by atoms with van der Waals surface area (Å²) in [5, 5.41) is 14.2. The lowest BCUT2D eigenvalue weighted by molar-refractivity contribution is -0.386. The van der Waals surface area contributed by atoms with E-state index in [1.807, 2.05) is 24.3 Å². The van der Waals surface area contributed by atoms with Crippen LogP contribution in [0.25, 0.3) is 0 Å². The molecule has 1 N–H and O–H groups in total. The molecule has 7 heteroatoms. The zero-order valence-corrected chi connectivity index (χ0v) is 15.6. The molecule has 0 radical (unpaired) electrons. The van der Waals surface area contributed by atoms with E-state index in [1.54, 1.807) is 6.92 Å². The molecule has 0 aliphatic carbocycles. The third kappa shape index (κ3) is 4.73. The van der Waals surface area contributed by atoms with Crippen LogP contribution < -0.4 is 10.1 Å². The van der Waals surface area contributed by atoms with Crippen LogP contribution in [0.1, 0.15) is 38.7 Å². The first-order valence-corrected chi connectivity index (χ1v) is 8.71. The molecule has 2 aromatic rings. The Morgan fingerprint density at radius 2 is 1.96 bits per heavy atom. The van der Waals surface area contributed by atoms with Gasteiger partial charge < -0.3 is 10.1 Å². The van der Waals surface area contributed by atoms with Crippen molar-refractivity contribution >= 4 is 28.9 Å². The number of nitrogens with zero attached hydrogens (tertiary/aromatic N) is 1. The molecule has 2 aromatic carbocycles. The minimum atomic E-state index is -0.917. The Morgan fingerprint density at radius 3 is 2.62 bits per heavy atom. The molecule has 0 aliphatic heterocycles. The maximum atomic E-state index is 12.5. The van der Waals surface area contributed by atoms with Crippen LogP contribution in [0.2, 0.25) is 5.02 Å². The number of nitrogens with one attached hydrogen (secondary N) is 1. The molecular formula is C19H21ClN2O4. The van der Waals surface area contributed by atoms with Crippen LogP contribution in [0, 0.1) is 10.1 Å². The number of amides is 1. The second-order valence-corrected chi connectivity index (χ2v) is 6.45. The molecule has 2 rings (SSSR count). The minimum Gasteiger partial charge on any atom is -0.474 e. The van der Waals surface area contributed by atoms with Crippen LogP contribution >= 0.6 is 11.6 Å². The van der Waals surface area contributed by atoms with Crippen molar-refractivity contribution in [3.05, 3.63) is 63.2 Å². The van der Waals surface area contributed by atoms with Gasteiger partial charge in [-0.05, 0) is 43.0 Å². The Balaban J connectivity index is 2.16. The van der Waals surface area contributed by atoms with Crippen molar-refractivity contribution in [1.82, 2.24) is 0 Å². The van der Waals surface area contributed by atoms with E-state index >= 15 is 0 Å². The number of halogens is 1. The second-order valence-electron chi connectivity index (χ2n) is 6.02. The number of ether oxygens (including phenoxy) is 1. The first-order valence-electron chi connectivity index (χ1n) is 8.33. The Bertz CT molecular complexity index is 810. The van der Waals surface area contributed by atoms with E-state index in [2.05, 4.69) is 19.2 Å². The number of benzene rings is 2. The van der Waals surface area contributed by atoms with Crippen LogP contribution in [-0.2, 0) is 4.79 Å². The lowest BCUT2D eigenvalue weighted by atomic mass is 9.97. The number of carbonyl (C=O) groups excluding carboxylic acids is 1. The first kappa shape index (κ1) is 19.7. The molecule has 6 nitrogen and oxygen atoms in total. The quantitative estimate of drug-likeness (QED) is 0.534. The van der Waals surface area contributed by atoms with Crippen LogP contribution in [-0.4, -0.2) is 16.9 Å². The van der Waals surface area contributed by atoms with Crippen LogP contribution in [0.3, 0.4) is 0 Å². The van der Waals surface area contributed by atoms with Gasteiger partial charge in [-0.25, -0.2) is 0 Å². The van der Waals surface area contributed by atoms with Gasteiger partial charge in [-0.1, -0.05) is 43.6 Å². The van der Waals surface area contributed by atoms with E-state index < -0.39 is 11.0 Å². The molecule has 0 saturated carbocycles. The van der Waals surface area contributed by atoms with Crippen molar-refractivity contribution in [2.24, 2.45) is 0 Å². The SMILES string of the molecule is CC[C@@H](C)c1ccccc1NC(=O)[C@H](C)Oc1ccc(Cl)cc1[N+](=O)[O-]. The van der Waals surface area contributed by atoms with Gasteiger partial charge in [-0.3, -0.25) is 14.9 Å². The largest absolute Gasteiger partial charge is 0.474 e. The van der Waals surface area contributed by atoms with Gasteiger partial charge >= 0.3 is 5.69 Å². The van der Waals surface area contributed by atoms with Crippen molar-refractivity contribution < 1.29 is 14.5 Å². The zero-order chi connectivity index (χ0) is 19.3. The van der Waals surface area contributed by atoms with E-state index in [0.717, 1.165) is 12.0 Å². The molecule has 0 spiro atoms. The van der Waals surface area contributed by atoms with Crippen molar-refractivity contribution in [3.63, 3.8) is 0 Å². The second kappa shape index (κ2) is 8.67. The topological polar surface area (TPSA) is 81.5 Å². The molecule has 26 heavy (non-hydrogen) atoms. The highest BCUT2D eigenvalue weighted by atomic mass is 35.5. The lowest BCUT2D eigenvalue weighted by Crippen LogP contribution is -2.30.